The summed E-state index contributed by atoms with van der Waals surface area (Å²) < 4.78 is 0. The second kappa shape index (κ2) is 3.80. The van der Waals surface area contributed by atoms with E-state index in [1.54, 1.807) is 12.3 Å². The van der Waals surface area contributed by atoms with E-state index in [1.165, 1.54) is 0 Å². The summed E-state index contributed by atoms with van der Waals surface area (Å²) in [6, 6.07) is 11.0. The molecule has 0 fully saturated rings. The van der Waals surface area contributed by atoms with Crippen molar-refractivity contribution in [1.82, 2.24) is 9.97 Å². The van der Waals surface area contributed by atoms with Gasteiger partial charge < -0.3 is 10.0 Å². The van der Waals surface area contributed by atoms with Gasteiger partial charge in [0.25, 0.3) is 0 Å². The zero-order valence-corrected chi connectivity index (χ0v) is 8.91. The van der Waals surface area contributed by atoms with E-state index < -0.39 is 7.12 Å². The van der Waals surface area contributed by atoms with Gasteiger partial charge in [-0.25, -0.2) is 0 Å². The van der Waals surface area contributed by atoms with Gasteiger partial charge in [-0.2, -0.15) is 0 Å². The highest BCUT2D eigenvalue weighted by Gasteiger charge is 2.13. The molecule has 82 valence electrons. The smallest absolute Gasteiger partial charge is 0.422 e. The highest BCUT2D eigenvalue weighted by molar-refractivity contribution is 6.57. The number of hydrogen-bond acceptors (Lipinski definition) is 4. The van der Waals surface area contributed by atoms with Gasteiger partial charge in [-0.05, 0) is 24.3 Å². The van der Waals surface area contributed by atoms with Crippen LogP contribution >= 0.6 is 0 Å². The van der Waals surface area contributed by atoms with Gasteiger partial charge in [0.2, 0.25) is 0 Å². The molecule has 2 heterocycles. The van der Waals surface area contributed by atoms with E-state index >= 15 is 0 Å². The van der Waals surface area contributed by atoms with Crippen LogP contribution in [0.3, 0.4) is 0 Å². The quantitative estimate of drug-likeness (QED) is 0.465. The molecule has 4 nitrogen and oxygen atoms in total. The Morgan fingerprint density at radius 3 is 2.65 bits per heavy atom. The molecule has 3 rings (SSSR count). The summed E-state index contributed by atoms with van der Waals surface area (Å²) in [5, 5.41) is 20.1. The van der Waals surface area contributed by atoms with Crippen LogP contribution in [0, 0.1) is 0 Å². The maximum Gasteiger partial charge on any atom is 0.508 e. The molecule has 1 aromatic carbocycles. The molecule has 2 N–H and O–H groups in total. The minimum absolute atomic E-state index is 0.244. The van der Waals surface area contributed by atoms with E-state index in [2.05, 4.69) is 9.97 Å². The lowest BCUT2D eigenvalue weighted by atomic mass is 9.85. The van der Waals surface area contributed by atoms with Crippen molar-refractivity contribution in [3.63, 3.8) is 0 Å². The number of hydrogen-bond donors (Lipinski definition) is 2. The molecule has 0 spiro atoms. The lowest BCUT2D eigenvalue weighted by Crippen LogP contribution is -2.32. The highest BCUT2D eigenvalue weighted by Crippen LogP contribution is 2.20. The number of pyridine rings is 2. The van der Waals surface area contributed by atoms with E-state index in [0.717, 1.165) is 21.8 Å². The van der Waals surface area contributed by atoms with Gasteiger partial charge >= 0.3 is 7.12 Å². The van der Waals surface area contributed by atoms with Crippen LogP contribution in [0.5, 0.6) is 0 Å². The van der Waals surface area contributed by atoms with E-state index in [0.29, 0.717) is 0 Å². The standard InChI is InChI=1S/C12H9BN2O2/c16-13(17)11-6-4-8-3-5-10-9(12(8)15-11)2-1-7-14-10/h1-7,16-17H. The molecule has 2 aromatic heterocycles. The van der Waals surface area contributed by atoms with Crippen LogP contribution in [0.2, 0.25) is 0 Å². The minimum atomic E-state index is -1.55. The van der Waals surface area contributed by atoms with Gasteiger partial charge in [0.05, 0.1) is 16.6 Å². The Morgan fingerprint density at radius 2 is 1.82 bits per heavy atom. The first-order valence-corrected chi connectivity index (χ1v) is 5.26. The molecule has 0 saturated carbocycles. The third-order valence-corrected chi connectivity index (χ3v) is 2.73. The largest absolute Gasteiger partial charge is 0.508 e. The minimum Gasteiger partial charge on any atom is -0.422 e. The van der Waals surface area contributed by atoms with Crippen molar-refractivity contribution >= 4 is 34.5 Å². The predicted molar refractivity (Wildman–Crippen MR) is 66.9 cm³/mol. The van der Waals surface area contributed by atoms with Crippen LogP contribution in [0.1, 0.15) is 0 Å². The fourth-order valence-corrected chi connectivity index (χ4v) is 1.90. The van der Waals surface area contributed by atoms with Crippen molar-refractivity contribution in [1.29, 1.82) is 0 Å². The highest BCUT2D eigenvalue weighted by atomic mass is 16.4. The maximum absolute atomic E-state index is 9.13. The lowest BCUT2D eigenvalue weighted by Gasteiger charge is -2.04. The van der Waals surface area contributed by atoms with Gasteiger partial charge in [0.15, 0.2) is 0 Å². The van der Waals surface area contributed by atoms with Crippen LogP contribution in [-0.4, -0.2) is 27.1 Å². The molecule has 0 radical (unpaired) electrons. The van der Waals surface area contributed by atoms with Gasteiger partial charge in [-0.3, -0.25) is 9.97 Å². The third-order valence-electron chi connectivity index (χ3n) is 2.73. The summed E-state index contributed by atoms with van der Waals surface area (Å²) in [6.45, 7) is 0. The third kappa shape index (κ3) is 1.65. The van der Waals surface area contributed by atoms with E-state index in [4.69, 9.17) is 10.0 Å². The lowest BCUT2D eigenvalue weighted by molar-refractivity contribution is 0.424. The summed E-state index contributed by atoms with van der Waals surface area (Å²) in [6.07, 6.45) is 1.72. The average Bonchev–Trinajstić information content (AvgIpc) is 2.38. The Morgan fingerprint density at radius 1 is 1.00 bits per heavy atom. The van der Waals surface area contributed by atoms with Crippen molar-refractivity contribution in [2.24, 2.45) is 0 Å². The Hall–Kier alpha value is -1.98. The van der Waals surface area contributed by atoms with Crippen molar-refractivity contribution in [2.45, 2.75) is 0 Å². The number of aromatic nitrogens is 2. The first kappa shape index (κ1) is 10.2. The predicted octanol–water partition coefficient (Wildman–Crippen LogP) is 0.463. The normalized spacial score (nSPS) is 10.9. The molecule has 0 unspecified atom stereocenters. The summed E-state index contributed by atoms with van der Waals surface area (Å²) in [7, 11) is -1.55. The van der Waals surface area contributed by atoms with Crippen LogP contribution in [0.25, 0.3) is 21.8 Å². The molecule has 5 heteroatoms. The van der Waals surface area contributed by atoms with Crippen molar-refractivity contribution in [3.05, 3.63) is 42.6 Å². The van der Waals surface area contributed by atoms with Crippen LogP contribution in [-0.2, 0) is 0 Å². The molecular weight excluding hydrogens is 215 g/mol. The first-order valence-electron chi connectivity index (χ1n) is 5.26. The van der Waals surface area contributed by atoms with Crippen molar-refractivity contribution in [3.8, 4) is 0 Å². The molecular formula is C12H9BN2O2. The number of nitrogens with zero attached hydrogens (tertiary/aromatic N) is 2. The van der Waals surface area contributed by atoms with Crippen LogP contribution < -0.4 is 5.59 Å². The molecule has 0 bridgehead atoms. The number of rotatable bonds is 1. The molecule has 17 heavy (non-hydrogen) atoms. The summed E-state index contributed by atoms with van der Waals surface area (Å²) in [5.41, 5.74) is 1.83. The molecule has 0 aliphatic carbocycles. The van der Waals surface area contributed by atoms with Gasteiger partial charge in [0, 0.05) is 17.0 Å². The van der Waals surface area contributed by atoms with Gasteiger partial charge in [-0.15, -0.1) is 0 Å². The van der Waals surface area contributed by atoms with E-state index in [-0.39, 0.29) is 5.59 Å². The van der Waals surface area contributed by atoms with Crippen LogP contribution in [0.4, 0.5) is 0 Å². The molecule has 3 aromatic rings. The van der Waals surface area contributed by atoms with Gasteiger partial charge in [0.1, 0.15) is 0 Å². The van der Waals surface area contributed by atoms with E-state index in [9.17, 15) is 0 Å². The second-order valence-electron chi connectivity index (χ2n) is 3.82. The summed E-state index contributed by atoms with van der Waals surface area (Å²) in [4.78, 5) is 8.50. The number of benzene rings is 1. The molecule has 0 aliphatic rings. The molecule has 0 aliphatic heterocycles. The summed E-state index contributed by atoms with van der Waals surface area (Å²) in [5.74, 6) is 0. The number of fused-ring (bicyclic) bond motifs is 3. The summed E-state index contributed by atoms with van der Waals surface area (Å²) >= 11 is 0. The van der Waals surface area contributed by atoms with Crippen LogP contribution in [0.15, 0.2) is 42.6 Å². The fourth-order valence-electron chi connectivity index (χ4n) is 1.90. The fraction of sp³-hybridized carbons (Fsp3) is 0. The first-order chi connectivity index (χ1) is 8.25. The Labute approximate surface area is 97.7 Å². The monoisotopic (exact) mass is 224 g/mol. The Balaban J connectivity index is 2.42. The molecule has 0 amide bonds. The van der Waals surface area contributed by atoms with Gasteiger partial charge in [-0.1, -0.05) is 12.1 Å². The van der Waals surface area contributed by atoms with E-state index in [1.807, 2.05) is 30.3 Å². The topological polar surface area (TPSA) is 66.2 Å². The zero-order valence-electron chi connectivity index (χ0n) is 8.91. The average molecular weight is 224 g/mol. The second-order valence-corrected chi connectivity index (χ2v) is 3.82. The zero-order chi connectivity index (χ0) is 11.8. The molecule has 0 atom stereocenters. The Bertz CT molecular complexity index is 700. The van der Waals surface area contributed by atoms with Crippen molar-refractivity contribution < 1.29 is 10.0 Å². The Kier molecular flexibility index (Phi) is 2.28. The molecule has 0 saturated heterocycles. The van der Waals surface area contributed by atoms with Crippen molar-refractivity contribution in [2.75, 3.05) is 0 Å². The SMILES string of the molecule is OB(O)c1ccc2ccc3ncccc3c2n1. The maximum atomic E-state index is 9.13.